The van der Waals surface area contributed by atoms with Crippen molar-refractivity contribution in [1.82, 2.24) is 0 Å². The number of halogens is 1. The van der Waals surface area contributed by atoms with Crippen molar-refractivity contribution in [3.05, 3.63) is 29.3 Å². The van der Waals surface area contributed by atoms with Gasteiger partial charge in [-0.3, -0.25) is 0 Å². The maximum Gasteiger partial charge on any atom is 0.120 e. The Morgan fingerprint density at radius 3 is 2.73 bits per heavy atom. The van der Waals surface area contributed by atoms with Crippen LogP contribution in [0.2, 0.25) is 5.02 Å². The van der Waals surface area contributed by atoms with Gasteiger partial charge in [0.2, 0.25) is 0 Å². The summed E-state index contributed by atoms with van der Waals surface area (Å²) in [6.07, 6.45) is 0.338. The predicted octanol–water partition coefficient (Wildman–Crippen LogP) is 3.13. The molecular formula is C12H17ClO2. The third-order valence-corrected chi connectivity index (χ3v) is 2.22. The molecule has 0 saturated heterocycles. The zero-order chi connectivity index (χ0) is 11.3. The SMILES string of the molecule is CC(C)CC(O)COc1cccc(Cl)c1. The van der Waals surface area contributed by atoms with Crippen molar-refractivity contribution >= 4 is 11.6 Å². The van der Waals surface area contributed by atoms with E-state index in [0.29, 0.717) is 23.3 Å². The largest absolute Gasteiger partial charge is 0.491 e. The lowest BCUT2D eigenvalue weighted by Gasteiger charge is -2.14. The van der Waals surface area contributed by atoms with E-state index in [4.69, 9.17) is 16.3 Å². The third kappa shape index (κ3) is 5.05. The van der Waals surface area contributed by atoms with Gasteiger partial charge in [-0.15, -0.1) is 0 Å². The van der Waals surface area contributed by atoms with Crippen molar-refractivity contribution in [3.8, 4) is 5.75 Å². The van der Waals surface area contributed by atoms with E-state index < -0.39 is 6.10 Å². The number of hydrogen-bond acceptors (Lipinski definition) is 2. The van der Waals surface area contributed by atoms with Crippen LogP contribution in [-0.2, 0) is 0 Å². The minimum Gasteiger partial charge on any atom is -0.491 e. The Kier molecular flexibility index (Phi) is 4.92. The van der Waals surface area contributed by atoms with E-state index in [-0.39, 0.29) is 0 Å². The highest BCUT2D eigenvalue weighted by molar-refractivity contribution is 6.30. The predicted molar refractivity (Wildman–Crippen MR) is 62.4 cm³/mol. The Hall–Kier alpha value is -0.730. The normalized spacial score (nSPS) is 12.9. The van der Waals surface area contributed by atoms with Crippen molar-refractivity contribution < 1.29 is 9.84 Å². The lowest BCUT2D eigenvalue weighted by Crippen LogP contribution is -2.19. The molecule has 0 radical (unpaired) electrons. The molecule has 2 nitrogen and oxygen atoms in total. The molecule has 1 N–H and O–H groups in total. The molecule has 0 saturated carbocycles. The van der Waals surface area contributed by atoms with Gasteiger partial charge in [-0.25, -0.2) is 0 Å². The quantitative estimate of drug-likeness (QED) is 0.839. The first-order chi connectivity index (χ1) is 7.08. The van der Waals surface area contributed by atoms with E-state index in [1.807, 2.05) is 12.1 Å². The summed E-state index contributed by atoms with van der Waals surface area (Å²) in [7, 11) is 0. The van der Waals surface area contributed by atoms with E-state index in [0.717, 1.165) is 6.42 Å². The minimum absolute atomic E-state index is 0.318. The third-order valence-electron chi connectivity index (χ3n) is 1.98. The van der Waals surface area contributed by atoms with Gasteiger partial charge in [-0.2, -0.15) is 0 Å². The first-order valence-electron chi connectivity index (χ1n) is 5.14. The van der Waals surface area contributed by atoms with Crippen LogP contribution in [-0.4, -0.2) is 17.8 Å². The molecular weight excluding hydrogens is 212 g/mol. The summed E-state index contributed by atoms with van der Waals surface area (Å²) in [6.45, 7) is 4.46. The highest BCUT2D eigenvalue weighted by atomic mass is 35.5. The summed E-state index contributed by atoms with van der Waals surface area (Å²) in [5, 5.41) is 10.2. The van der Waals surface area contributed by atoms with Crippen LogP contribution in [0.25, 0.3) is 0 Å². The molecule has 0 aliphatic heterocycles. The fraction of sp³-hybridized carbons (Fsp3) is 0.500. The molecule has 0 amide bonds. The lowest BCUT2D eigenvalue weighted by molar-refractivity contribution is 0.0893. The molecule has 1 unspecified atom stereocenters. The molecule has 0 heterocycles. The van der Waals surface area contributed by atoms with Gasteiger partial charge < -0.3 is 9.84 Å². The Bertz CT molecular complexity index is 299. The highest BCUT2D eigenvalue weighted by Crippen LogP contribution is 2.17. The van der Waals surface area contributed by atoms with Crippen molar-refractivity contribution in [2.45, 2.75) is 26.4 Å². The lowest BCUT2D eigenvalue weighted by atomic mass is 10.1. The van der Waals surface area contributed by atoms with E-state index >= 15 is 0 Å². The molecule has 0 aliphatic carbocycles. The smallest absolute Gasteiger partial charge is 0.120 e. The zero-order valence-corrected chi connectivity index (χ0v) is 9.87. The molecule has 1 aromatic carbocycles. The summed E-state index contributed by atoms with van der Waals surface area (Å²) >= 11 is 5.80. The second-order valence-electron chi connectivity index (χ2n) is 4.05. The van der Waals surface area contributed by atoms with Crippen LogP contribution in [0.4, 0.5) is 0 Å². The first kappa shape index (κ1) is 12.3. The number of hydrogen-bond donors (Lipinski definition) is 1. The van der Waals surface area contributed by atoms with Gasteiger partial charge in [0, 0.05) is 5.02 Å². The van der Waals surface area contributed by atoms with Crippen molar-refractivity contribution in [2.75, 3.05) is 6.61 Å². The molecule has 15 heavy (non-hydrogen) atoms. The van der Waals surface area contributed by atoms with Gasteiger partial charge >= 0.3 is 0 Å². The van der Waals surface area contributed by atoms with E-state index in [1.54, 1.807) is 12.1 Å². The summed E-state index contributed by atoms with van der Waals surface area (Å²) in [5.74, 6) is 1.17. The molecule has 0 bridgehead atoms. The van der Waals surface area contributed by atoms with Crippen molar-refractivity contribution in [2.24, 2.45) is 5.92 Å². The number of aliphatic hydroxyl groups is 1. The van der Waals surface area contributed by atoms with Crippen LogP contribution in [0.15, 0.2) is 24.3 Å². The van der Waals surface area contributed by atoms with Gasteiger partial charge in [0.05, 0.1) is 6.10 Å². The number of ether oxygens (including phenoxy) is 1. The van der Waals surface area contributed by atoms with Crippen molar-refractivity contribution in [3.63, 3.8) is 0 Å². The summed E-state index contributed by atoms with van der Waals surface area (Å²) in [5.41, 5.74) is 0. The van der Waals surface area contributed by atoms with E-state index in [9.17, 15) is 5.11 Å². The topological polar surface area (TPSA) is 29.5 Å². The fourth-order valence-corrected chi connectivity index (χ4v) is 1.54. The monoisotopic (exact) mass is 228 g/mol. The Morgan fingerprint density at radius 1 is 1.40 bits per heavy atom. The van der Waals surface area contributed by atoms with Crippen LogP contribution in [0.1, 0.15) is 20.3 Å². The van der Waals surface area contributed by atoms with E-state index in [1.165, 1.54) is 0 Å². The number of aliphatic hydroxyl groups excluding tert-OH is 1. The number of rotatable bonds is 5. The average Bonchev–Trinajstić information content (AvgIpc) is 2.14. The summed E-state index contributed by atoms with van der Waals surface area (Å²) in [4.78, 5) is 0. The molecule has 3 heteroatoms. The molecule has 0 aliphatic rings. The van der Waals surface area contributed by atoms with Crippen LogP contribution in [0, 0.1) is 5.92 Å². The zero-order valence-electron chi connectivity index (χ0n) is 9.11. The molecule has 0 fully saturated rings. The first-order valence-corrected chi connectivity index (χ1v) is 5.52. The summed E-state index contributed by atoms with van der Waals surface area (Å²) < 4.78 is 5.42. The van der Waals surface area contributed by atoms with Gasteiger partial charge in [0.25, 0.3) is 0 Å². The van der Waals surface area contributed by atoms with Gasteiger partial charge in [0.1, 0.15) is 12.4 Å². The molecule has 0 spiro atoms. The Morgan fingerprint density at radius 2 is 2.13 bits per heavy atom. The van der Waals surface area contributed by atoms with Crippen LogP contribution in [0.3, 0.4) is 0 Å². The fourth-order valence-electron chi connectivity index (χ4n) is 1.36. The van der Waals surface area contributed by atoms with Crippen molar-refractivity contribution in [1.29, 1.82) is 0 Å². The van der Waals surface area contributed by atoms with Gasteiger partial charge in [-0.1, -0.05) is 31.5 Å². The molecule has 1 atom stereocenters. The summed E-state index contributed by atoms with van der Waals surface area (Å²) in [6, 6.07) is 7.18. The molecule has 84 valence electrons. The average molecular weight is 229 g/mol. The molecule has 1 aromatic rings. The highest BCUT2D eigenvalue weighted by Gasteiger charge is 2.07. The van der Waals surface area contributed by atoms with Crippen LogP contribution >= 0.6 is 11.6 Å². The Labute approximate surface area is 95.8 Å². The van der Waals surface area contributed by atoms with Crippen LogP contribution < -0.4 is 4.74 Å². The molecule has 1 rings (SSSR count). The standard InChI is InChI=1S/C12H17ClO2/c1-9(2)6-11(14)8-15-12-5-3-4-10(13)7-12/h3-5,7,9,11,14H,6,8H2,1-2H3. The molecule has 0 aromatic heterocycles. The second-order valence-corrected chi connectivity index (χ2v) is 4.49. The van der Waals surface area contributed by atoms with Gasteiger partial charge in [-0.05, 0) is 30.5 Å². The Balaban J connectivity index is 2.36. The number of benzene rings is 1. The van der Waals surface area contributed by atoms with Gasteiger partial charge in [0.15, 0.2) is 0 Å². The second kappa shape index (κ2) is 5.99. The maximum atomic E-state index is 9.59. The minimum atomic E-state index is -0.413. The van der Waals surface area contributed by atoms with E-state index in [2.05, 4.69) is 13.8 Å². The maximum absolute atomic E-state index is 9.59. The van der Waals surface area contributed by atoms with Crippen LogP contribution in [0.5, 0.6) is 5.75 Å².